The van der Waals surface area contributed by atoms with Gasteiger partial charge in [-0.1, -0.05) is 0 Å². The fourth-order valence-electron chi connectivity index (χ4n) is 2.26. The largest absolute Gasteiger partial charge is 0.550 e. The van der Waals surface area contributed by atoms with Gasteiger partial charge in [-0.15, -0.1) is 0 Å². The third kappa shape index (κ3) is 2.25. The maximum absolute atomic E-state index is 10.8. The van der Waals surface area contributed by atoms with Crippen molar-refractivity contribution >= 4 is 5.97 Å². The molecule has 0 bridgehead atoms. The Bertz CT molecular complexity index is 222. The smallest absolute Gasteiger partial charge is 0.115 e. The lowest BCUT2D eigenvalue weighted by Crippen LogP contribution is -2.58. The molecule has 1 aliphatic rings. The van der Waals surface area contributed by atoms with Gasteiger partial charge in [0.05, 0.1) is 21.1 Å². The molecule has 82 valence electrons. The third-order valence-electron chi connectivity index (χ3n) is 3.12. The van der Waals surface area contributed by atoms with Crippen LogP contribution in [0.5, 0.6) is 0 Å². The maximum atomic E-state index is 10.8. The maximum Gasteiger partial charge on any atom is 0.115 e. The van der Waals surface area contributed by atoms with E-state index < -0.39 is 18.0 Å². The molecule has 1 N–H and O–H groups in total. The number of carboxylic acids is 1. The van der Waals surface area contributed by atoms with Gasteiger partial charge in [0.15, 0.2) is 0 Å². The Hall–Kier alpha value is -0.610. The molecule has 0 aromatic heterocycles. The number of aliphatic hydroxyl groups is 1. The minimum atomic E-state index is -1.12. The van der Waals surface area contributed by atoms with Crippen LogP contribution in [0, 0.1) is 5.92 Å². The van der Waals surface area contributed by atoms with Gasteiger partial charge in [-0.05, 0) is 12.8 Å². The van der Waals surface area contributed by atoms with Gasteiger partial charge in [-0.2, -0.15) is 0 Å². The number of quaternary nitrogens is 1. The first-order chi connectivity index (χ1) is 6.34. The van der Waals surface area contributed by atoms with Crippen LogP contribution in [0.3, 0.4) is 0 Å². The molecular formula is C10H19NO3. The van der Waals surface area contributed by atoms with Crippen LogP contribution in [0.2, 0.25) is 0 Å². The average molecular weight is 201 g/mol. The Kier molecular flexibility index (Phi) is 3.17. The summed E-state index contributed by atoms with van der Waals surface area (Å²) in [5, 5.41) is 20.7. The van der Waals surface area contributed by atoms with E-state index in [1.54, 1.807) is 0 Å². The minimum Gasteiger partial charge on any atom is -0.550 e. The second-order valence-electron chi connectivity index (χ2n) is 5.03. The van der Waals surface area contributed by atoms with Crippen molar-refractivity contribution in [2.75, 3.05) is 21.1 Å². The summed E-state index contributed by atoms with van der Waals surface area (Å²) >= 11 is 0. The molecule has 4 nitrogen and oxygen atoms in total. The molecule has 0 saturated heterocycles. The molecule has 0 spiro atoms. The van der Waals surface area contributed by atoms with Crippen molar-refractivity contribution < 1.29 is 19.5 Å². The quantitative estimate of drug-likeness (QED) is 0.581. The molecule has 0 aromatic rings. The van der Waals surface area contributed by atoms with Gasteiger partial charge in [-0.25, -0.2) is 0 Å². The predicted octanol–water partition coefficient (Wildman–Crippen LogP) is -1.03. The molecule has 0 unspecified atom stereocenters. The van der Waals surface area contributed by atoms with Gasteiger partial charge in [0.2, 0.25) is 0 Å². The Balaban J connectivity index is 2.76. The van der Waals surface area contributed by atoms with Gasteiger partial charge in [0.1, 0.15) is 12.1 Å². The molecule has 1 aliphatic carbocycles. The van der Waals surface area contributed by atoms with Crippen LogP contribution >= 0.6 is 0 Å². The van der Waals surface area contributed by atoms with Gasteiger partial charge >= 0.3 is 0 Å². The zero-order valence-corrected chi connectivity index (χ0v) is 9.06. The molecule has 0 heterocycles. The zero-order chi connectivity index (χ0) is 10.9. The van der Waals surface area contributed by atoms with Crippen LogP contribution in [-0.2, 0) is 4.79 Å². The molecule has 4 heteroatoms. The lowest BCUT2D eigenvalue weighted by Gasteiger charge is -2.43. The highest BCUT2D eigenvalue weighted by molar-refractivity contribution is 5.68. The summed E-state index contributed by atoms with van der Waals surface area (Å²) in [5.74, 6) is -1.80. The fourth-order valence-corrected chi connectivity index (χ4v) is 2.26. The topological polar surface area (TPSA) is 60.4 Å². The highest BCUT2D eigenvalue weighted by atomic mass is 16.4. The third-order valence-corrected chi connectivity index (χ3v) is 3.12. The van der Waals surface area contributed by atoms with Crippen LogP contribution in [0.1, 0.15) is 19.3 Å². The molecule has 14 heavy (non-hydrogen) atoms. The van der Waals surface area contributed by atoms with Crippen molar-refractivity contribution in [3.63, 3.8) is 0 Å². The van der Waals surface area contributed by atoms with Crippen LogP contribution in [0.15, 0.2) is 0 Å². The number of aliphatic carboxylic acids is 1. The number of hydrogen-bond donors (Lipinski definition) is 1. The van der Waals surface area contributed by atoms with E-state index in [-0.39, 0.29) is 6.04 Å². The second kappa shape index (κ2) is 3.87. The molecule has 0 aromatic carbocycles. The first-order valence-corrected chi connectivity index (χ1v) is 5.04. The van der Waals surface area contributed by atoms with Gasteiger partial charge in [0, 0.05) is 18.3 Å². The van der Waals surface area contributed by atoms with Crippen molar-refractivity contribution in [2.45, 2.75) is 31.4 Å². The summed E-state index contributed by atoms with van der Waals surface area (Å²) in [6.07, 6.45) is 1.51. The number of hydrogen-bond acceptors (Lipinski definition) is 3. The van der Waals surface area contributed by atoms with Gasteiger partial charge in [0.25, 0.3) is 0 Å². The number of nitrogens with zero attached hydrogens (tertiary/aromatic N) is 1. The Labute approximate surface area is 84.7 Å². The SMILES string of the molecule is C[N+](C)(C)[C@H]1CCC[C@@H](C(=O)[O-])[C@H]1O. The summed E-state index contributed by atoms with van der Waals surface area (Å²) in [5.41, 5.74) is 0. The van der Waals surface area contributed by atoms with Crippen molar-refractivity contribution in [1.29, 1.82) is 0 Å². The monoisotopic (exact) mass is 201 g/mol. The first-order valence-electron chi connectivity index (χ1n) is 5.04. The number of carbonyl (C=O) groups excluding carboxylic acids is 1. The van der Waals surface area contributed by atoms with Gasteiger partial charge in [-0.3, -0.25) is 0 Å². The van der Waals surface area contributed by atoms with Crippen molar-refractivity contribution in [1.82, 2.24) is 0 Å². The number of aliphatic hydroxyl groups excluding tert-OH is 1. The molecule has 3 atom stereocenters. The van der Waals surface area contributed by atoms with Crippen LogP contribution < -0.4 is 5.11 Å². The molecule has 0 radical (unpaired) electrons. The predicted molar refractivity (Wildman–Crippen MR) is 50.2 cm³/mol. The zero-order valence-electron chi connectivity index (χ0n) is 9.06. The Morgan fingerprint density at radius 3 is 2.36 bits per heavy atom. The van der Waals surface area contributed by atoms with Gasteiger partial charge < -0.3 is 19.5 Å². The van der Waals surface area contributed by atoms with E-state index in [9.17, 15) is 15.0 Å². The molecule has 1 rings (SSSR count). The summed E-state index contributed by atoms with van der Waals surface area (Å²) in [7, 11) is 5.93. The Morgan fingerprint density at radius 2 is 1.93 bits per heavy atom. The molecule has 1 saturated carbocycles. The summed E-state index contributed by atoms with van der Waals surface area (Å²) < 4.78 is 0.602. The van der Waals surface area contributed by atoms with Crippen LogP contribution in [0.25, 0.3) is 0 Å². The second-order valence-corrected chi connectivity index (χ2v) is 5.03. The van der Waals surface area contributed by atoms with E-state index in [0.717, 1.165) is 12.8 Å². The van der Waals surface area contributed by atoms with Crippen LogP contribution in [-0.4, -0.2) is 48.8 Å². The lowest BCUT2D eigenvalue weighted by molar-refractivity contribution is -0.901. The summed E-state index contributed by atoms with van der Waals surface area (Å²) in [4.78, 5) is 10.8. The lowest BCUT2D eigenvalue weighted by atomic mass is 9.82. The van der Waals surface area contributed by atoms with E-state index in [0.29, 0.717) is 10.9 Å². The summed E-state index contributed by atoms with van der Waals surface area (Å²) in [6, 6.07) is 0.00616. The summed E-state index contributed by atoms with van der Waals surface area (Å²) in [6.45, 7) is 0. The van der Waals surface area contributed by atoms with E-state index in [4.69, 9.17) is 0 Å². The normalized spacial score (nSPS) is 34.1. The number of carbonyl (C=O) groups is 1. The van der Waals surface area contributed by atoms with E-state index in [1.807, 2.05) is 21.1 Å². The minimum absolute atomic E-state index is 0.00616. The molecular weight excluding hydrogens is 182 g/mol. The van der Waals surface area contributed by atoms with E-state index in [2.05, 4.69) is 0 Å². The molecule has 1 fully saturated rings. The number of rotatable bonds is 2. The molecule has 0 aliphatic heterocycles. The fraction of sp³-hybridized carbons (Fsp3) is 0.900. The van der Waals surface area contributed by atoms with E-state index in [1.165, 1.54) is 0 Å². The number of carboxylic acid groups (broad SMARTS) is 1. The van der Waals surface area contributed by atoms with Crippen molar-refractivity contribution in [3.05, 3.63) is 0 Å². The highest BCUT2D eigenvalue weighted by Gasteiger charge is 2.39. The standard InChI is InChI=1S/C10H19NO3/c1-11(2,3)8-6-4-5-7(9(8)12)10(13)14/h7-9,12H,4-6H2,1-3H3/t7-,8+,9-/m1/s1. The van der Waals surface area contributed by atoms with Crippen molar-refractivity contribution in [2.24, 2.45) is 5.92 Å². The molecule has 0 amide bonds. The highest BCUT2D eigenvalue weighted by Crippen LogP contribution is 2.29. The van der Waals surface area contributed by atoms with Crippen molar-refractivity contribution in [3.8, 4) is 0 Å². The van der Waals surface area contributed by atoms with E-state index >= 15 is 0 Å². The first kappa shape index (κ1) is 11.5. The van der Waals surface area contributed by atoms with Crippen LogP contribution in [0.4, 0.5) is 0 Å². The average Bonchev–Trinajstić information content (AvgIpc) is 2.01. The Morgan fingerprint density at radius 1 is 1.36 bits per heavy atom. The number of likely N-dealkylation sites (N-methyl/N-ethyl adjacent to an activating group) is 1.